The predicted octanol–water partition coefficient (Wildman–Crippen LogP) is 1.94. The van der Waals surface area contributed by atoms with Crippen LogP contribution in [0.5, 0.6) is 0 Å². The van der Waals surface area contributed by atoms with Gasteiger partial charge in [0.2, 0.25) is 10.0 Å². The Morgan fingerprint density at radius 2 is 2.04 bits per heavy atom. The van der Waals surface area contributed by atoms with Crippen molar-refractivity contribution in [3.05, 3.63) is 52.5 Å². The lowest BCUT2D eigenvalue weighted by Gasteiger charge is -2.08. The Morgan fingerprint density at radius 3 is 2.74 bits per heavy atom. The molecule has 27 heavy (non-hydrogen) atoms. The number of sulfonamides is 1. The third kappa shape index (κ3) is 4.25. The number of primary sulfonamides is 1. The zero-order valence-electron chi connectivity index (χ0n) is 13.9. The van der Waals surface area contributed by atoms with E-state index in [4.69, 9.17) is 29.0 Å². The number of fused-ring (bicyclic) bond motifs is 1. The number of halogens is 1. The van der Waals surface area contributed by atoms with Crippen molar-refractivity contribution in [2.24, 2.45) is 10.2 Å². The number of aryl methyl sites for hydroxylation is 1. The fourth-order valence-electron chi connectivity index (χ4n) is 2.52. The Hall–Kier alpha value is -2.53. The molecule has 0 saturated heterocycles. The van der Waals surface area contributed by atoms with Crippen LogP contribution in [0.15, 0.2) is 46.4 Å². The second kappa shape index (κ2) is 7.24. The molecule has 0 saturated carbocycles. The molecular formula is C16H14ClN5O3S2. The van der Waals surface area contributed by atoms with Crippen molar-refractivity contribution in [3.63, 3.8) is 0 Å². The number of amides is 1. The van der Waals surface area contributed by atoms with Crippen LogP contribution in [0, 0.1) is 6.92 Å². The highest BCUT2D eigenvalue weighted by Crippen LogP contribution is 2.30. The summed E-state index contributed by atoms with van der Waals surface area (Å²) >= 11 is 11.2. The van der Waals surface area contributed by atoms with Crippen LogP contribution in [0.3, 0.4) is 0 Å². The van der Waals surface area contributed by atoms with Gasteiger partial charge in [-0.2, -0.15) is 5.10 Å². The van der Waals surface area contributed by atoms with E-state index >= 15 is 0 Å². The van der Waals surface area contributed by atoms with Gasteiger partial charge in [0.15, 0.2) is 10.8 Å². The number of benzene rings is 2. The van der Waals surface area contributed by atoms with Crippen molar-refractivity contribution >= 4 is 61.9 Å². The molecule has 1 aliphatic heterocycles. The summed E-state index contributed by atoms with van der Waals surface area (Å²) in [4.78, 5) is 12.1. The summed E-state index contributed by atoms with van der Waals surface area (Å²) in [6.45, 7) is 1.83. The third-order valence-corrected chi connectivity index (χ3v) is 5.02. The summed E-state index contributed by atoms with van der Waals surface area (Å²) in [5.74, 6) is -0.387. The first-order valence-electron chi connectivity index (χ1n) is 7.54. The van der Waals surface area contributed by atoms with Gasteiger partial charge < -0.3 is 10.6 Å². The molecule has 0 radical (unpaired) electrons. The number of hydrazone groups is 1. The van der Waals surface area contributed by atoms with E-state index in [1.54, 1.807) is 18.2 Å². The van der Waals surface area contributed by atoms with Gasteiger partial charge in [-0.3, -0.25) is 10.2 Å². The SMILES string of the molecule is Cc1cc(Cl)cc2c1NC(=O)C2=NNC(=S)Nc1cccc(S(N)(=O)=O)c1. The van der Waals surface area contributed by atoms with Crippen molar-refractivity contribution in [2.45, 2.75) is 11.8 Å². The lowest BCUT2D eigenvalue weighted by Crippen LogP contribution is -2.27. The van der Waals surface area contributed by atoms with Crippen molar-refractivity contribution in [1.82, 2.24) is 5.43 Å². The summed E-state index contributed by atoms with van der Waals surface area (Å²) in [5.41, 5.74) is 5.13. The Kier molecular flexibility index (Phi) is 5.16. The number of nitrogens with two attached hydrogens (primary N) is 1. The molecule has 0 bridgehead atoms. The summed E-state index contributed by atoms with van der Waals surface area (Å²) in [6.07, 6.45) is 0. The van der Waals surface area contributed by atoms with Gasteiger partial charge in [-0.15, -0.1) is 0 Å². The maximum atomic E-state index is 12.2. The average Bonchev–Trinajstić information content (AvgIpc) is 2.88. The molecule has 1 amide bonds. The quantitative estimate of drug-likeness (QED) is 0.441. The highest BCUT2D eigenvalue weighted by Gasteiger charge is 2.28. The zero-order valence-corrected chi connectivity index (χ0v) is 16.3. The first kappa shape index (κ1) is 19.2. The monoisotopic (exact) mass is 423 g/mol. The van der Waals surface area contributed by atoms with E-state index < -0.39 is 10.0 Å². The van der Waals surface area contributed by atoms with Gasteiger partial charge in [0.05, 0.1) is 10.6 Å². The van der Waals surface area contributed by atoms with Gasteiger partial charge in [-0.1, -0.05) is 17.7 Å². The number of nitrogens with zero attached hydrogens (tertiary/aromatic N) is 1. The number of hydrogen-bond donors (Lipinski definition) is 4. The summed E-state index contributed by atoms with van der Waals surface area (Å²) in [7, 11) is -3.83. The van der Waals surface area contributed by atoms with Gasteiger partial charge in [-0.25, -0.2) is 13.6 Å². The van der Waals surface area contributed by atoms with E-state index in [2.05, 4.69) is 21.2 Å². The van der Waals surface area contributed by atoms with Gasteiger partial charge in [-0.05, 0) is 55.0 Å². The van der Waals surface area contributed by atoms with Gasteiger partial charge in [0, 0.05) is 16.3 Å². The summed E-state index contributed by atoms with van der Waals surface area (Å²) in [6, 6.07) is 9.19. The standard InChI is InChI=1S/C16H14ClN5O3S2/c1-8-5-9(17)6-12-13(8)20-15(23)14(12)21-22-16(26)19-10-3-2-4-11(7-10)27(18,24)25/h2-7H,1H3,(H2,18,24,25)(H2,19,22,26)(H,20,21,23). The first-order chi connectivity index (χ1) is 12.6. The number of carbonyl (C=O) groups excluding carboxylic acids is 1. The Balaban J connectivity index is 1.78. The van der Waals surface area contributed by atoms with E-state index in [9.17, 15) is 13.2 Å². The second-order valence-electron chi connectivity index (χ2n) is 5.70. The lowest BCUT2D eigenvalue weighted by atomic mass is 10.1. The van der Waals surface area contributed by atoms with Crippen LogP contribution in [0.25, 0.3) is 0 Å². The van der Waals surface area contributed by atoms with Crippen LogP contribution in [0.4, 0.5) is 11.4 Å². The average molecular weight is 424 g/mol. The van der Waals surface area contributed by atoms with E-state index in [0.29, 0.717) is 22.0 Å². The van der Waals surface area contributed by atoms with E-state index in [-0.39, 0.29) is 21.6 Å². The smallest absolute Gasteiger partial charge is 0.276 e. The fourth-order valence-corrected chi connectivity index (χ4v) is 3.51. The minimum atomic E-state index is -3.83. The molecule has 1 aliphatic rings. The number of carbonyl (C=O) groups is 1. The molecule has 3 rings (SSSR count). The molecule has 8 nitrogen and oxygen atoms in total. The van der Waals surface area contributed by atoms with Crippen LogP contribution in [-0.4, -0.2) is 25.1 Å². The Morgan fingerprint density at radius 1 is 1.30 bits per heavy atom. The summed E-state index contributed by atoms with van der Waals surface area (Å²) in [5, 5.41) is 15.2. The molecule has 2 aromatic carbocycles. The summed E-state index contributed by atoms with van der Waals surface area (Å²) < 4.78 is 22.8. The van der Waals surface area contributed by atoms with Crippen LogP contribution >= 0.6 is 23.8 Å². The number of anilines is 2. The second-order valence-corrected chi connectivity index (χ2v) is 8.10. The van der Waals surface area contributed by atoms with E-state index in [1.165, 1.54) is 18.2 Å². The molecule has 0 spiro atoms. The van der Waals surface area contributed by atoms with Crippen LogP contribution in [0.1, 0.15) is 11.1 Å². The number of rotatable bonds is 3. The predicted molar refractivity (Wildman–Crippen MR) is 109 cm³/mol. The molecule has 140 valence electrons. The zero-order chi connectivity index (χ0) is 19.8. The normalized spacial score (nSPS) is 14.6. The van der Waals surface area contributed by atoms with Crippen LogP contribution in [0.2, 0.25) is 5.02 Å². The molecule has 1 heterocycles. The third-order valence-electron chi connectivity index (χ3n) is 3.70. The molecule has 0 atom stereocenters. The number of nitrogens with one attached hydrogen (secondary N) is 3. The lowest BCUT2D eigenvalue weighted by molar-refractivity contribution is -0.110. The van der Waals surface area contributed by atoms with Crippen LogP contribution < -0.4 is 21.2 Å². The van der Waals surface area contributed by atoms with Crippen LogP contribution in [-0.2, 0) is 14.8 Å². The maximum Gasteiger partial charge on any atom is 0.276 e. The highest BCUT2D eigenvalue weighted by atomic mass is 35.5. The Bertz CT molecular complexity index is 1100. The van der Waals surface area contributed by atoms with Crippen molar-refractivity contribution in [1.29, 1.82) is 0 Å². The number of thiocarbonyl (C=S) groups is 1. The number of hydrogen-bond acceptors (Lipinski definition) is 5. The van der Waals surface area contributed by atoms with Crippen molar-refractivity contribution in [2.75, 3.05) is 10.6 Å². The molecule has 0 fully saturated rings. The van der Waals surface area contributed by atoms with Gasteiger partial charge in [0.1, 0.15) is 0 Å². The van der Waals surface area contributed by atoms with E-state index in [0.717, 1.165) is 5.56 Å². The fraction of sp³-hybridized carbons (Fsp3) is 0.0625. The molecule has 2 aromatic rings. The molecule has 0 aliphatic carbocycles. The maximum absolute atomic E-state index is 12.2. The van der Waals surface area contributed by atoms with E-state index in [1.807, 2.05) is 6.92 Å². The Labute approximate surface area is 165 Å². The first-order valence-corrected chi connectivity index (χ1v) is 9.88. The topological polar surface area (TPSA) is 126 Å². The van der Waals surface area contributed by atoms with Crippen molar-refractivity contribution in [3.8, 4) is 0 Å². The van der Waals surface area contributed by atoms with Crippen molar-refractivity contribution < 1.29 is 13.2 Å². The minimum Gasteiger partial charge on any atom is -0.331 e. The van der Waals surface area contributed by atoms with Gasteiger partial charge >= 0.3 is 0 Å². The molecule has 0 unspecified atom stereocenters. The largest absolute Gasteiger partial charge is 0.331 e. The molecule has 5 N–H and O–H groups in total. The molecule has 11 heteroatoms. The molecule has 0 aromatic heterocycles. The van der Waals surface area contributed by atoms with Gasteiger partial charge in [0.25, 0.3) is 5.91 Å². The highest BCUT2D eigenvalue weighted by molar-refractivity contribution is 7.89. The molecular weight excluding hydrogens is 410 g/mol. The minimum absolute atomic E-state index is 0.0594.